The monoisotopic (exact) mass is 207 g/mol. The van der Waals surface area contributed by atoms with E-state index in [4.69, 9.17) is 16.0 Å². The number of aromatic nitrogens is 2. The molecule has 0 saturated heterocycles. The lowest BCUT2D eigenvalue weighted by atomic mass is 10.2. The van der Waals surface area contributed by atoms with E-state index in [2.05, 4.69) is 15.6 Å². The quantitative estimate of drug-likeness (QED) is 0.366. The lowest BCUT2D eigenvalue weighted by molar-refractivity contribution is 0.312. The van der Waals surface area contributed by atoms with E-state index in [1.165, 1.54) is 5.34 Å². The molecular formula is C8H9N5O2. The SMILES string of the molecule is NNc1nncc2ccccc12.O=NO. The maximum atomic E-state index is 8.11. The number of benzene rings is 1. The molecule has 7 heteroatoms. The Kier molecular flexibility index (Phi) is 3.92. The zero-order valence-electron chi connectivity index (χ0n) is 7.66. The van der Waals surface area contributed by atoms with Crippen LogP contribution in [0.25, 0.3) is 10.8 Å². The van der Waals surface area contributed by atoms with Crippen molar-refractivity contribution in [3.05, 3.63) is 35.4 Å². The van der Waals surface area contributed by atoms with Crippen LogP contribution in [0.4, 0.5) is 5.82 Å². The van der Waals surface area contributed by atoms with Gasteiger partial charge < -0.3 is 10.6 Å². The molecule has 0 radical (unpaired) electrons. The van der Waals surface area contributed by atoms with Crippen molar-refractivity contribution in [1.82, 2.24) is 10.2 Å². The fourth-order valence-corrected chi connectivity index (χ4v) is 1.13. The second-order valence-corrected chi connectivity index (χ2v) is 2.51. The number of anilines is 1. The molecule has 7 nitrogen and oxygen atoms in total. The Hall–Kier alpha value is -2.28. The highest BCUT2D eigenvalue weighted by Crippen LogP contribution is 2.17. The standard InChI is InChI=1S/C8H8N4.HNO2/c9-11-8-7-4-2-1-3-6(7)5-10-12-8;2-1-3/h1-5H,9H2,(H,11,12);(H,2,3). The van der Waals surface area contributed by atoms with E-state index in [9.17, 15) is 0 Å². The van der Waals surface area contributed by atoms with Crippen LogP contribution < -0.4 is 11.3 Å². The van der Waals surface area contributed by atoms with Crippen LogP contribution in [0.5, 0.6) is 0 Å². The van der Waals surface area contributed by atoms with Crippen LogP contribution in [0.3, 0.4) is 0 Å². The number of hydrogen-bond donors (Lipinski definition) is 3. The van der Waals surface area contributed by atoms with Gasteiger partial charge in [0.15, 0.2) is 11.2 Å². The molecule has 0 atom stereocenters. The van der Waals surface area contributed by atoms with Crippen molar-refractivity contribution < 1.29 is 5.21 Å². The smallest absolute Gasteiger partial charge is 0.170 e. The van der Waals surface area contributed by atoms with Gasteiger partial charge in [-0.2, -0.15) is 5.10 Å². The molecule has 0 saturated carbocycles. The maximum Gasteiger partial charge on any atom is 0.170 e. The summed E-state index contributed by atoms with van der Waals surface area (Å²) in [5.41, 5.74) is 2.50. The van der Waals surface area contributed by atoms with E-state index in [1.807, 2.05) is 24.3 Å². The minimum absolute atomic E-state index is 0.605. The molecule has 78 valence electrons. The molecule has 0 aliphatic rings. The third-order valence-corrected chi connectivity index (χ3v) is 1.71. The Bertz CT molecular complexity index is 442. The topological polar surface area (TPSA) is 113 Å². The Morgan fingerprint density at radius 2 is 2.07 bits per heavy atom. The average molecular weight is 207 g/mol. The summed E-state index contributed by atoms with van der Waals surface area (Å²) >= 11 is 0. The summed E-state index contributed by atoms with van der Waals surface area (Å²) in [5, 5.41) is 17.5. The predicted octanol–water partition coefficient (Wildman–Crippen LogP) is 1.06. The molecule has 0 amide bonds. The molecule has 4 N–H and O–H groups in total. The molecule has 1 heterocycles. The van der Waals surface area contributed by atoms with Gasteiger partial charge in [0.2, 0.25) is 0 Å². The first-order valence-corrected chi connectivity index (χ1v) is 3.97. The van der Waals surface area contributed by atoms with E-state index < -0.39 is 0 Å². The van der Waals surface area contributed by atoms with Gasteiger partial charge in [0, 0.05) is 10.8 Å². The third kappa shape index (κ3) is 2.58. The first kappa shape index (κ1) is 10.8. The van der Waals surface area contributed by atoms with Crippen molar-refractivity contribution in [3.8, 4) is 0 Å². The predicted molar refractivity (Wildman–Crippen MR) is 54.9 cm³/mol. The summed E-state index contributed by atoms with van der Waals surface area (Å²) in [5.74, 6) is 5.87. The molecular weight excluding hydrogens is 198 g/mol. The van der Waals surface area contributed by atoms with Crippen molar-refractivity contribution >= 4 is 16.6 Å². The molecule has 15 heavy (non-hydrogen) atoms. The van der Waals surface area contributed by atoms with Crippen LogP contribution in [0.2, 0.25) is 0 Å². The van der Waals surface area contributed by atoms with E-state index in [-0.39, 0.29) is 0 Å². The van der Waals surface area contributed by atoms with Crippen molar-refractivity contribution in [2.75, 3.05) is 5.43 Å². The van der Waals surface area contributed by atoms with Crippen LogP contribution >= 0.6 is 0 Å². The lowest BCUT2D eigenvalue weighted by Crippen LogP contribution is -2.09. The summed E-state index contributed by atoms with van der Waals surface area (Å²) < 4.78 is 0. The highest BCUT2D eigenvalue weighted by molar-refractivity contribution is 5.90. The van der Waals surface area contributed by atoms with Crippen LogP contribution in [0.1, 0.15) is 0 Å². The van der Waals surface area contributed by atoms with Crippen molar-refractivity contribution in [1.29, 1.82) is 0 Å². The van der Waals surface area contributed by atoms with Crippen LogP contribution in [-0.2, 0) is 0 Å². The Labute approximate surface area is 84.8 Å². The Morgan fingerprint density at radius 1 is 1.40 bits per heavy atom. The second-order valence-electron chi connectivity index (χ2n) is 2.51. The van der Waals surface area contributed by atoms with Crippen LogP contribution in [0, 0.1) is 4.91 Å². The van der Waals surface area contributed by atoms with E-state index in [1.54, 1.807) is 6.20 Å². The molecule has 0 unspecified atom stereocenters. The Balaban J connectivity index is 0.000000337. The summed E-state index contributed by atoms with van der Waals surface area (Å²) in [7, 11) is 0. The van der Waals surface area contributed by atoms with Gasteiger partial charge in [0.05, 0.1) is 6.20 Å². The number of nitrogens with one attached hydrogen (secondary N) is 1. The number of nitrogens with two attached hydrogens (primary N) is 1. The number of nitrogen functional groups attached to an aromatic ring is 1. The normalized spacial score (nSPS) is 8.87. The molecule has 2 aromatic rings. The van der Waals surface area contributed by atoms with Gasteiger partial charge in [-0.25, -0.2) is 5.84 Å². The zero-order valence-corrected chi connectivity index (χ0v) is 7.66. The molecule has 0 spiro atoms. The molecule has 0 aliphatic carbocycles. The van der Waals surface area contributed by atoms with Gasteiger partial charge in [-0.1, -0.05) is 24.3 Å². The van der Waals surface area contributed by atoms with E-state index in [0.29, 0.717) is 5.82 Å². The third-order valence-electron chi connectivity index (χ3n) is 1.71. The molecule has 0 bridgehead atoms. The molecule has 0 aliphatic heterocycles. The minimum atomic E-state index is 0.605. The number of fused-ring (bicyclic) bond motifs is 1. The van der Waals surface area contributed by atoms with Gasteiger partial charge in [-0.3, -0.25) is 0 Å². The molecule has 2 rings (SSSR count). The summed E-state index contributed by atoms with van der Waals surface area (Å²) in [6.07, 6.45) is 1.70. The van der Waals surface area contributed by atoms with Gasteiger partial charge in [0.1, 0.15) is 0 Å². The number of hydrogen-bond acceptors (Lipinski definition) is 6. The lowest BCUT2D eigenvalue weighted by Gasteiger charge is -2.01. The molecule has 1 aromatic carbocycles. The summed E-state index contributed by atoms with van der Waals surface area (Å²) in [6, 6.07) is 7.79. The number of hydrazine groups is 1. The number of nitrogens with zero attached hydrogens (tertiary/aromatic N) is 3. The largest absolute Gasteiger partial charge is 0.379 e. The van der Waals surface area contributed by atoms with Gasteiger partial charge in [-0.15, -0.1) is 10.0 Å². The van der Waals surface area contributed by atoms with E-state index >= 15 is 0 Å². The highest BCUT2D eigenvalue weighted by Gasteiger charge is 1.98. The Morgan fingerprint density at radius 3 is 2.73 bits per heavy atom. The zero-order chi connectivity index (χ0) is 11.1. The summed E-state index contributed by atoms with van der Waals surface area (Å²) in [4.78, 5) is 8.11. The van der Waals surface area contributed by atoms with Gasteiger partial charge >= 0.3 is 0 Å². The molecule has 0 fully saturated rings. The van der Waals surface area contributed by atoms with Crippen molar-refractivity contribution in [3.63, 3.8) is 0 Å². The minimum Gasteiger partial charge on any atom is -0.379 e. The fourth-order valence-electron chi connectivity index (χ4n) is 1.13. The van der Waals surface area contributed by atoms with Crippen LogP contribution in [-0.4, -0.2) is 15.4 Å². The van der Waals surface area contributed by atoms with Crippen molar-refractivity contribution in [2.45, 2.75) is 0 Å². The summed E-state index contributed by atoms with van der Waals surface area (Å²) in [6.45, 7) is 0. The van der Waals surface area contributed by atoms with Crippen LogP contribution in [0.15, 0.2) is 35.8 Å². The molecule has 1 aromatic heterocycles. The maximum absolute atomic E-state index is 8.11. The highest BCUT2D eigenvalue weighted by atomic mass is 16.6. The first-order valence-electron chi connectivity index (χ1n) is 3.97. The fraction of sp³-hybridized carbons (Fsp3) is 0. The van der Waals surface area contributed by atoms with Gasteiger partial charge in [-0.05, 0) is 0 Å². The van der Waals surface area contributed by atoms with Gasteiger partial charge in [0.25, 0.3) is 0 Å². The second kappa shape index (κ2) is 5.45. The van der Waals surface area contributed by atoms with Crippen molar-refractivity contribution in [2.24, 2.45) is 11.2 Å². The first-order chi connectivity index (χ1) is 7.33. The van der Waals surface area contributed by atoms with E-state index in [0.717, 1.165) is 10.8 Å². The number of rotatable bonds is 1. The average Bonchev–Trinajstić information content (AvgIpc) is 2.29.